The molecule has 0 unspecified atom stereocenters. The van der Waals surface area contributed by atoms with Crippen LogP contribution < -0.4 is 0 Å². The van der Waals surface area contributed by atoms with Crippen molar-refractivity contribution in [3.63, 3.8) is 0 Å². The summed E-state index contributed by atoms with van der Waals surface area (Å²) in [5, 5.41) is 0.621. The molecule has 2 nitrogen and oxygen atoms in total. The van der Waals surface area contributed by atoms with Crippen molar-refractivity contribution in [2.45, 2.75) is 0 Å². The molecule has 0 spiro atoms. The van der Waals surface area contributed by atoms with Crippen molar-refractivity contribution in [3.05, 3.63) is 82.6 Å². The average Bonchev–Trinajstić information content (AvgIpc) is 2.83. The standard InChI is InChI=1S/C17H11ClO2/c18-15-9-5-4-8-13(15)10-16-14(11-17(19)20-16)12-6-2-1-3-7-12/h1-11H. The minimum absolute atomic E-state index is 0.359. The number of carbonyl (C=O) groups excluding carboxylic acids is 1. The van der Waals surface area contributed by atoms with E-state index < -0.39 is 0 Å². The van der Waals surface area contributed by atoms with Crippen LogP contribution in [0.2, 0.25) is 5.02 Å². The van der Waals surface area contributed by atoms with Gasteiger partial charge in [-0.1, -0.05) is 60.1 Å². The van der Waals surface area contributed by atoms with Crippen molar-refractivity contribution in [2.24, 2.45) is 0 Å². The zero-order chi connectivity index (χ0) is 13.9. The number of cyclic esters (lactones) is 1. The smallest absolute Gasteiger partial charge is 0.336 e. The van der Waals surface area contributed by atoms with Crippen LogP contribution in [-0.2, 0) is 9.53 Å². The Balaban J connectivity index is 2.04. The Kier molecular flexibility index (Phi) is 3.40. The molecule has 0 aliphatic carbocycles. The Morgan fingerprint density at radius 2 is 1.65 bits per heavy atom. The number of carbonyl (C=O) groups is 1. The van der Waals surface area contributed by atoms with Crippen LogP contribution in [0.1, 0.15) is 11.1 Å². The molecule has 1 aliphatic heterocycles. The van der Waals surface area contributed by atoms with E-state index in [1.54, 1.807) is 12.1 Å². The molecule has 98 valence electrons. The zero-order valence-corrected chi connectivity index (χ0v) is 11.3. The van der Waals surface area contributed by atoms with E-state index in [1.165, 1.54) is 6.08 Å². The molecule has 0 fully saturated rings. The molecule has 0 N–H and O–H groups in total. The minimum Gasteiger partial charge on any atom is -0.423 e. The molecule has 2 aromatic carbocycles. The topological polar surface area (TPSA) is 26.3 Å². The van der Waals surface area contributed by atoms with Gasteiger partial charge in [-0.15, -0.1) is 0 Å². The first-order valence-corrected chi connectivity index (χ1v) is 6.57. The highest BCUT2D eigenvalue weighted by Gasteiger charge is 2.21. The SMILES string of the molecule is O=C1C=C(c2ccccc2)C(=Cc2ccccc2Cl)O1. The fourth-order valence-corrected chi connectivity index (χ4v) is 2.26. The maximum Gasteiger partial charge on any atom is 0.336 e. The largest absolute Gasteiger partial charge is 0.423 e. The molecule has 3 heteroatoms. The van der Waals surface area contributed by atoms with Crippen molar-refractivity contribution in [1.82, 2.24) is 0 Å². The molecule has 0 saturated heterocycles. The van der Waals surface area contributed by atoms with Gasteiger partial charge >= 0.3 is 5.97 Å². The summed E-state index contributed by atoms with van der Waals surface area (Å²) in [5.74, 6) is 0.163. The molecule has 1 aliphatic rings. The number of rotatable bonds is 2. The lowest BCUT2D eigenvalue weighted by Crippen LogP contribution is -1.91. The van der Waals surface area contributed by atoms with Crippen molar-refractivity contribution in [3.8, 4) is 0 Å². The summed E-state index contributed by atoms with van der Waals surface area (Å²) < 4.78 is 5.26. The second-order valence-electron chi connectivity index (χ2n) is 4.38. The summed E-state index contributed by atoms with van der Waals surface area (Å²) in [6.07, 6.45) is 3.28. The molecular formula is C17H11ClO2. The Morgan fingerprint density at radius 1 is 0.950 bits per heavy atom. The van der Waals surface area contributed by atoms with Gasteiger partial charge in [0, 0.05) is 16.7 Å². The Hall–Kier alpha value is -2.32. The lowest BCUT2D eigenvalue weighted by Gasteiger charge is -2.05. The third-order valence-corrected chi connectivity index (χ3v) is 3.36. The quantitative estimate of drug-likeness (QED) is 0.767. The summed E-state index contributed by atoms with van der Waals surface area (Å²) in [7, 11) is 0. The molecule has 2 aromatic rings. The predicted octanol–water partition coefficient (Wildman–Crippen LogP) is 4.32. The van der Waals surface area contributed by atoms with E-state index in [-0.39, 0.29) is 5.97 Å². The lowest BCUT2D eigenvalue weighted by atomic mass is 10.0. The first-order chi connectivity index (χ1) is 9.74. The van der Waals surface area contributed by atoms with Gasteiger partial charge in [0.15, 0.2) is 0 Å². The normalized spacial score (nSPS) is 16.1. The number of allylic oxidation sites excluding steroid dienone is 1. The molecule has 0 aromatic heterocycles. The molecule has 0 radical (unpaired) electrons. The van der Waals surface area contributed by atoms with E-state index in [4.69, 9.17) is 16.3 Å². The third-order valence-electron chi connectivity index (χ3n) is 3.01. The van der Waals surface area contributed by atoms with Crippen LogP contribution in [0.3, 0.4) is 0 Å². The second kappa shape index (κ2) is 5.35. The summed E-state index contributed by atoms with van der Waals surface area (Å²) in [5.41, 5.74) is 2.54. The number of benzene rings is 2. The van der Waals surface area contributed by atoms with Gasteiger partial charge in [-0.2, -0.15) is 0 Å². The number of halogens is 1. The highest BCUT2D eigenvalue weighted by molar-refractivity contribution is 6.32. The lowest BCUT2D eigenvalue weighted by molar-refractivity contribution is -0.132. The molecule has 0 amide bonds. The van der Waals surface area contributed by atoms with Gasteiger partial charge in [-0.3, -0.25) is 0 Å². The van der Waals surface area contributed by atoms with Crippen LogP contribution in [0.4, 0.5) is 0 Å². The minimum atomic E-state index is -0.359. The first-order valence-electron chi connectivity index (χ1n) is 6.19. The summed E-state index contributed by atoms with van der Waals surface area (Å²) in [4.78, 5) is 11.5. The molecule has 3 rings (SSSR count). The highest BCUT2D eigenvalue weighted by atomic mass is 35.5. The monoisotopic (exact) mass is 282 g/mol. The maximum atomic E-state index is 11.5. The fourth-order valence-electron chi connectivity index (χ4n) is 2.07. The van der Waals surface area contributed by atoms with Gasteiger partial charge in [-0.25, -0.2) is 4.79 Å². The van der Waals surface area contributed by atoms with Crippen molar-refractivity contribution in [2.75, 3.05) is 0 Å². The number of hydrogen-bond acceptors (Lipinski definition) is 2. The summed E-state index contributed by atoms with van der Waals surface area (Å²) >= 11 is 6.13. The fraction of sp³-hybridized carbons (Fsp3) is 0. The van der Waals surface area contributed by atoms with Crippen molar-refractivity contribution in [1.29, 1.82) is 0 Å². The second-order valence-corrected chi connectivity index (χ2v) is 4.78. The van der Waals surface area contributed by atoms with E-state index in [2.05, 4.69) is 0 Å². The number of ether oxygens (including phenoxy) is 1. The van der Waals surface area contributed by atoms with Gasteiger partial charge in [0.1, 0.15) is 5.76 Å². The van der Waals surface area contributed by atoms with Gasteiger partial charge in [0.05, 0.1) is 0 Å². The average molecular weight is 283 g/mol. The highest BCUT2D eigenvalue weighted by Crippen LogP contribution is 2.32. The first kappa shape index (κ1) is 12.7. The van der Waals surface area contributed by atoms with E-state index in [0.29, 0.717) is 10.8 Å². The van der Waals surface area contributed by atoms with E-state index in [0.717, 1.165) is 16.7 Å². The maximum absolute atomic E-state index is 11.5. The van der Waals surface area contributed by atoms with Crippen LogP contribution >= 0.6 is 11.6 Å². The van der Waals surface area contributed by atoms with E-state index >= 15 is 0 Å². The van der Waals surface area contributed by atoms with Crippen LogP contribution in [0.25, 0.3) is 11.6 Å². The molecule has 0 saturated carbocycles. The molecule has 0 bridgehead atoms. The van der Waals surface area contributed by atoms with Gasteiger partial charge in [-0.05, 0) is 23.3 Å². The molecule has 1 heterocycles. The van der Waals surface area contributed by atoms with Crippen LogP contribution in [0.15, 0.2) is 66.4 Å². The Labute approximate surface area is 122 Å². The molecule has 20 heavy (non-hydrogen) atoms. The molecule has 0 atom stereocenters. The molecular weight excluding hydrogens is 272 g/mol. The van der Waals surface area contributed by atoms with Crippen molar-refractivity contribution >= 4 is 29.2 Å². The Morgan fingerprint density at radius 3 is 2.40 bits per heavy atom. The number of hydrogen-bond donors (Lipinski definition) is 0. The van der Waals surface area contributed by atoms with Crippen molar-refractivity contribution < 1.29 is 9.53 Å². The van der Waals surface area contributed by atoms with Crippen LogP contribution in [-0.4, -0.2) is 5.97 Å². The Bertz CT molecular complexity index is 715. The zero-order valence-electron chi connectivity index (χ0n) is 10.5. The predicted molar refractivity (Wildman–Crippen MR) is 79.9 cm³/mol. The summed E-state index contributed by atoms with van der Waals surface area (Å²) in [6.45, 7) is 0. The van der Waals surface area contributed by atoms with Gasteiger partial charge in [0.2, 0.25) is 0 Å². The summed E-state index contributed by atoms with van der Waals surface area (Å²) in [6, 6.07) is 17.1. The van der Waals surface area contributed by atoms with Crippen LogP contribution in [0.5, 0.6) is 0 Å². The third kappa shape index (κ3) is 2.51. The number of esters is 1. The van der Waals surface area contributed by atoms with Crippen LogP contribution in [0, 0.1) is 0 Å². The van der Waals surface area contributed by atoms with E-state index in [9.17, 15) is 4.79 Å². The van der Waals surface area contributed by atoms with Gasteiger partial charge in [0.25, 0.3) is 0 Å². The van der Waals surface area contributed by atoms with Gasteiger partial charge < -0.3 is 4.74 Å². The van der Waals surface area contributed by atoms with E-state index in [1.807, 2.05) is 48.5 Å².